The molecule has 2 N–H and O–H groups in total. The summed E-state index contributed by atoms with van der Waals surface area (Å²) in [6.07, 6.45) is -5.34. The minimum Gasteiger partial charge on any atom is -0.324 e. The number of halogens is 5. The van der Waals surface area contributed by atoms with Gasteiger partial charge in [-0.3, -0.25) is 0 Å². The first-order chi connectivity index (χ1) is 6.79. The van der Waals surface area contributed by atoms with Crippen LogP contribution in [0.1, 0.15) is 18.0 Å². The monoisotopic (exact) mass is 301 g/mol. The minimum absolute atomic E-state index is 0.361. The maximum absolute atomic E-state index is 12.1. The number of benzene rings is 1. The van der Waals surface area contributed by atoms with Gasteiger partial charge in [-0.1, -0.05) is 27.5 Å². The molecule has 0 aromatic heterocycles. The molecule has 0 spiro atoms. The Morgan fingerprint density at radius 3 is 2.53 bits per heavy atom. The van der Waals surface area contributed by atoms with Crippen molar-refractivity contribution in [3.8, 4) is 0 Å². The fourth-order valence-electron chi connectivity index (χ4n) is 1.16. The highest BCUT2D eigenvalue weighted by molar-refractivity contribution is 9.10. The maximum Gasteiger partial charge on any atom is 0.390 e. The summed E-state index contributed by atoms with van der Waals surface area (Å²) in [6.45, 7) is 0. The van der Waals surface area contributed by atoms with E-state index in [1.807, 2.05) is 0 Å². The zero-order chi connectivity index (χ0) is 11.6. The quantitative estimate of drug-likeness (QED) is 0.876. The lowest BCUT2D eigenvalue weighted by molar-refractivity contribution is -0.138. The van der Waals surface area contributed by atoms with Crippen molar-refractivity contribution < 1.29 is 13.2 Å². The number of nitrogens with two attached hydrogens (primary N) is 1. The Labute approximate surface area is 98.5 Å². The zero-order valence-corrected chi connectivity index (χ0v) is 9.83. The molecular weight excluding hydrogens is 294 g/mol. The van der Waals surface area contributed by atoms with Crippen molar-refractivity contribution in [1.29, 1.82) is 0 Å². The largest absolute Gasteiger partial charge is 0.390 e. The summed E-state index contributed by atoms with van der Waals surface area (Å²) >= 11 is 8.81. The highest BCUT2D eigenvalue weighted by Crippen LogP contribution is 2.32. The van der Waals surface area contributed by atoms with Crippen LogP contribution in [-0.2, 0) is 0 Å². The molecule has 1 nitrogen and oxygen atoms in total. The topological polar surface area (TPSA) is 26.0 Å². The van der Waals surface area contributed by atoms with Crippen molar-refractivity contribution in [2.45, 2.75) is 18.6 Å². The lowest BCUT2D eigenvalue weighted by atomic mass is 10.0. The zero-order valence-electron chi connectivity index (χ0n) is 7.48. The predicted octanol–water partition coefficient (Wildman–Crippen LogP) is 4.05. The molecule has 1 aromatic rings. The molecule has 1 unspecified atom stereocenters. The minimum atomic E-state index is -4.28. The van der Waals surface area contributed by atoms with Crippen LogP contribution in [0.4, 0.5) is 13.2 Å². The Morgan fingerprint density at radius 1 is 1.40 bits per heavy atom. The van der Waals surface area contributed by atoms with E-state index < -0.39 is 18.6 Å². The summed E-state index contributed by atoms with van der Waals surface area (Å²) < 4.78 is 36.8. The van der Waals surface area contributed by atoms with Crippen LogP contribution in [0.2, 0.25) is 5.02 Å². The molecule has 0 bridgehead atoms. The molecule has 0 amide bonds. The molecule has 0 saturated carbocycles. The molecule has 0 aliphatic heterocycles. The van der Waals surface area contributed by atoms with Crippen LogP contribution in [0.5, 0.6) is 0 Å². The first-order valence-electron chi connectivity index (χ1n) is 4.07. The summed E-state index contributed by atoms with van der Waals surface area (Å²) in [5.74, 6) is 0. The van der Waals surface area contributed by atoms with E-state index in [4.69, 9.17) is 17.3 Å². The summed E-state index contributed by atoms with van der Waals surface area (Å²) in [7, 11) is 0. The average molecular weight is 303 g/mol. The maximum atomic E-state index is 12.1. The van der Waals surface area contributed by atoms with Gasteiger partial charge in [0.1, 0.15) is 0 Å². The molecule has 15 heavy (non-hydrogen) atoms. The van der Waals surface area contributed by atoms with Gasteiger partial charge in [-0.2, -0.15) is 13.2 Å². The van der Waals surface area contributed by atoms with Gasteiger partial charge in [0.05, 0.1) is 6.42 Å². The van der Waals surface area contributed by atoms with Crippen LogP contribution >= 0.6 is 27.5 Å². The van der Waals surface area contributed by atoms with Crippen LogP contribution in [-0.4, -0.2) is 6.18 Å². The van der Waals surface area contributed by atoms with Gasteiger partial charge >= 0.3 is 6.18 Å². The van der Waals surface area contributed by atoms with Crippen molar-refractivity contribution in [3.05, 3.63) is 33.3 Å². The molecule has 1 rings (SSSR count). The Kier molecular flexibility index (Phi) is 4.03. The van der Waals surface area contributed by atoms with Gasteiger partial charge in [0.2, 0.25) is 0 Å². The van der Waals surface area contributed by atoms with Crippen LogP contribution in [0.25, 0.3) is 0 Å². The number of alkyl halides is 3. The van der Waals surface area contributed by atoms with Crippen molar-refractivity contribution in [2.24, 2.45) is 5.73 Å². The predicted molar refractivity (Wildman–Crippen MR) is 56.8 cm³/mol. The van der Waals surface area contributed by atoms with Crippen molar-refractivity contribution in [3.63, 3.8) is 0 Å². The Balaban J connectivity index is 2.90. The lowest BCUT2D eigenvalue weighted by Crippen LogP contribution is -2.20. The Bertz CT molecular complexity index is 354. The van der Waals surface area contributed by atoms with Crippen molar-refractivity contribution in [2.75, 3.05) is 0 Å². The van der Waals surface area contributed by atoms with E-state index in [-0.39, 0.29) is 0 Å². The summed E-state index contributed by atoms with van der Waals surface area (Å²) in [6, 6.07) is 3.49. The highest BCUT2D eigenvalue weighted by Gasteiger charge is 2.31. The molecule has 84 valence electrons. The van der Waals surface area contributed by atoms with Gasteiger partial charge in [0.15, 0.2) is 0 Å². The van der Waals surface area contributed by atoms with Gasteiger partial charge < -0.3 is 5.73 Å². The molecule has 0 aliphatic carbocycles. The van der Waals surface area contributed by atoms with Gasteiger partial charge in [0, 0.05) is 15.5 Å². The van der Waals surface area contributed by atoms with E-state index in [1.54, 1.807) is 12.1 Å². The second-order valence-electron chi connectivity index (χ2n) is 3.09. The van der Waals surface area contributed by atoms with E-state index in [2.05, 4.69) is 15.9 Å². The Hall–Kier alpha value is -0.260. The molecule has 0 radical (unpaired) electrons. The molecule has 0 saturated heterocycles. The van der Waals surface area contributed by atoms with E-state index in [9.17, 15) is 13.2 Å². The SMILES string of the molecule is NC(CC(F)(F)F)c1cc(Cl)ccc1Br. The normalized spacial score (nSPS) is 14.0. The van der Waals surface area contributed by atoms with Crippen LogP contribution in [0, 0.1) is 0 Å². The lowest BCUT2D eigenvalue weighted by Gasteiger charge is -2.16. The fourth-order valence-corrected chi connectivity index (χ4v) is 1.88. The van der Waals surface area contributed by atoms with E-state index in [1.165, 1.54) is 6.07 Å². The second kappa shape index (κ2) is 4.72. The van der Waals surface area contributed by atoms with E-state index in [0.29, 0.717) is 15.1 Å². The number of hydrogen-bond donors (Lipinski definition) is 1. The number of hydrogen-bond acceptors (Lipinski definition) is 1. The van der Waals surface area contributed by atoms with E-state index in [0.717, 1.165) is 0 Å². The highest BCUT2D eigenvalue weighted by atomic mass is 79.9. The third-order valence-corrected chi connectivity index (χ3v) is 2.77. The van der Waals surface area contributed by atoms with Crippen molar-refractivity contribution >= 4 is 27.5 Å². The molecule has 0 heterocycles. The van der Waals surface area contributed by atoms with Crippen LogP contribution in [0.15, 0.2) is 22.7 Å². The standard InChI is InChI=1S/C9H8BrClF3N/c10-7-2-1-5(11)3-6(7)8(15)4-9(12,13)14/h1-3,8H,4,15H2. The third-order valence-electron chi connectivity index (χ3n) is 1.81. The summed E-state index contributed by atoms with van der Waals surface area (Å²) in [5.41, 5.74) is 5.80. The summed E-state index contributed by atoms with van der Waals surface area (Å²) in [5, 5.41) is 0.367. The fraction of sp³-hybridized carbons (Fsp3) is 0.333. The molecule has 0 fully saturated rings. The smallest absolute Gasteiger partial charge is 0.324 e. The molecular formula is C9H8BrClF3N. The Morgan fingerprint density at radius 2 is 2.00 bits per heavy atom. The van der Waals surface area contributed by atoms with E-state index >= 15 is 0 Å². The molecule has 0 aliphatic rings. The third kappa shape index (κ3) is 4.01. The second-order valence-corrected chi connectivity index (χ2v) is 4.38. The van der Waals surface area contributed by atoms with Crippen molar-refractivity contribution in [1.82, 2.24) is 0 Å². The first kappa shape index (κ1) is 12.8. The molecule has 6 heteroatoms. The number of rotatable bonds is 2. The molecule has 1 aromatic carbocycles. The van der Waals surface area contributed by atoms with Gasteiger partial charge in [0.25, 0.3) is 0 Å². The van der Waals surface area contributed by atoms with Gasteiger partial charge in [-0.25, -0.2) is 0 Å². The average Bonchev–Trinajstić information content (AvgIpc) is 2.06. The van der Waals surface area contributed by atoms with Crippen LogP contribution < -0.4 is 5.73 Å². The molecule has 1 atom stereocenters. The summed E-state index contributed by atoms with van der Waals surface area (Å²) in [4.78, 5) is 0. The van der Waals surface area contributed by atoms with Gasteiger partial charge in [-0.15, -0.1) is 0 Å². The van der Waals surface area contributed by atoms with Crippen LogP contribution in [0.3, 0.4) is 0 Å². The first-order valence-corrected chi connectivity index (χ1v) is 5.24. The van der Waals surface area contributed by atoms with Gasteiger partial charge in [-0.05, 0) is 23.8 Å².